The summed E-state index contributed by atoms with van der Waals surface area (Å²) in [6.45, 7) is 0.964. The lowest BCUT2D eigenvalue weighted by atomic mass is 10.1. The van der Waals surface area contributed by atoms with E-state index in [-0.39, 0.29) is 0 Å². The van der Waals surface area contributed by atoms with Gasteiger partial charge in [0.05, 0.1) is 12.7 Å². The van der Waals surface area contributed by atoms with Gasteiger partial charge in [-0.25, -0.2) is 0 Å². The smallest absolute Gasteiger partial charge is 0.0812 e. The molecule has 1 aromatic carbocycles. The molecule has 0 aromatic heterocycles. The van der Waals surface area contributed by atoms with E-state index in [1.54, 1.807) is 0 Å². The topological polar surface area (TPSA) is 12.5 Å². The van der Waals surface area contributed by atoms with E-state index in [9.17, 15) is 0 Å². The molecular weight excluding hydrogens is 148 g/mol. The van der Waals surface area contributed by atoms with Gasteiger partial charge in [0.15, 0.2) is 0 Å². The maximum atomic E-state index is 5.12. The molecule has 1 radical (unpaired) electrons. The standard InChI is InChI=1S/C11H13O/c1-2-5-10(6-3-1)7-4-8-11-9-12-11/h1-6,11H,7-9H2. The first kappa shape index (κ1) is 7.81. The summed E-state index contributed by atoms with van der Waals surface area (Å²) in [6, 6.07) is 10.5. The quantitative estimate of drug-likeness (QED) is 0.617. The zero-order valence-electron chi connectivity index (χ0n) is 7.07. The molecule has 1 heterocycles. The zero-order valence-corrected chi connectivity index (χ0v) is 7.07. The Kier molecular flexibility index (Phi) is 2.42. The Morgan fingerprint density at radius 2 is 2.08 bits per heavy atom. The van der Waals surface area contributed by atoms with Crippen LogP contribution in [0.4, 0.5) is 0 Å². The Morgan fingerprint density at radius 3 is 2.75 bits per heavy atom. The van der Waals surface area contributed by atoms with E-state index in [0.717, 1.165) is 19.4 Å². The maximum Gasteiger partial charge on any atom is 0.0812 e. The highest BCUT2D eigenvalue weighted by Gasteiger charge is 2.21. The van der Waals surface area contributed by atoms with Crippen molar-refractivity contribution in [1.82, 2.24) is 0 Å². The van der Waals surface area contributed by atoms with Gasteiger partial charge in [-0.1, -0.05) is 30.3 Å². The van der Waals surface area contributed by atoms with Crippen LogP contribution in [0.15, 0.2) is 30.3 Å². The van der Waals surface area contributed by atoms with Crippen LogP contribution in [0.1, 0.15) is 12.0 Å². The molecule has 0 bridgehead atoms. The highest BCUT2D eigenvalue weighted by Crippen LogP contribution is 2.16. The minimum atomic E-state index is 0.536. The summed E-state index contributed by atoms with van der Waals surface area (Å²) in [7, 11) is 0. The Labute approximate surface area is 73.4 Å². The molecule has 1 heteroatoms. The molecule has 1 unspecified atom stereocenters. The van der Waals surface area contributed by atoms with Crippen molar-refractivity contribution < 1.29 is 4.74 Å². The molecule has 0 N–H and O–H groups in total. The van der Waals surface area contributed by atoms with E-state index in [2.05, 4.69) is 30.7 Å². The van der Waals surface area contributed by atoms with Crippen LogP contribution >= 0.6 is 0 Å². The van der Waals surface area contributed by atoms with Crippen LogP contribution in [0.2, 0.25) is 0 Å². The first-order chi connectivity index (χ1) is 5.95. The summed E-state index contributed by atoms with van der Waals surface area (Å²) < 4.78 is 5.12. The Balaban J connectivity index is 1.72. The third-order valence-electron chi connectivity index (χ3n) is 2.05. The van der Waals surface area contributed by atoms with Crippen molar-refractivity contribution in [3.8, 4) is 0 Å². The van der Waals surface area contributed by atoms with E-state index in [4.69, 9.17) is 4.74 Å². The molecular formula is C11H13O. The van der Waals surface area contributed by atoms with Crippen LogP contribution in [-0.2, 0) is 11.2 Å². The molecule has 1 atom stereocenters. The molecule has 2 rings (SSSR count). The highest BCUT2D eigenvalue weighted by atomic mass is 16.6. The molecule has 0 saturated carbocycles. The molecule has 1 aliphatic heterocycles. The van der Waals surface area contributed by atoms with Crippen LogP contribution < -0.4 is 0 Å². The van der Waals surface area contributed by atoms with Gasteiger partial charge < -0.3 is 4.74 Å². The van der Waals surface area contributed by atoms with Crippen molar-refractivity contribution >= 4 is 0 Å². The second-order valence-electron chi connectivity index (χ2n) is 3.17. The summed E-state index contributed by atoms with van der Waals surface area (Å²) >= 11 is 0. The van der Waals surface area contributed by atoms with Crippen molar-refractivity contribution in [3.63, 3.8) is 0 Å². The van der Waals surface area contributed by atoms with Crippen LogP contribution in [0.25, 0.3) is 0 Å². The van der Waals surface area contributed by atoms with Gasteiger partial charge in [0.25, 0.3) is 0 Å². The lowest BCUT2D eigenvalue weighted by molar-refractivity contribution is 0.405. The van der Waals surface area contributed by atoms with E-state index >= 15 is 0 Å². The maximum absolute atomic E-state index is 5.12. The number of hydrogen-bond acceptors (Lipinski definition) is 1. The molecule has 1 saturated heterocycles. The fraction of sp³-hybridized carbons (Fsp3) is 0.364. The van der Waals surface area contributed by atoms with E-state index < -0.39 is 0 Å². The van der Waals surface area contributed by atoms with Crippen molar-refractivity contribution in [2.24, 2.45) is 0 Å². The van der Waals surface area contributed by atoms with Gasteiger partial charge >= 0.3 is 0 Å². The lowest BCUT2D eigenvalue weighted by Gasteiger charge is -1.97. The Bertz CT molecular complexity index is 226. The normalized spacial score (nSPS) is 20.8. The van der Waals surface area contributed by atoms with E-state index in [1.807, 2.05) is 6.07 Å². The second kappa shape index (κ2) is 3.72. The van der Waals surface area contributed by atoms with Gasteiger partial charge in [-0.05, 0) is 24.8 Å². The SMILES string of the molecule is [CH](Cc1ccccc1)CC1CO1. The minimum Gasteiger partial charge on any atom is -0.373 e. The second-order valence-corrected chi connectivity index (χ2v) is 3.17. The van der Waals surface area contributed by atoms with Crippen molar-refractivity contribution in [2.75, 3.05) is 6.61 Å². The van der Waals surface area contributed by atoms with Crippen molar-refractivity contribution in [3.05, 3.63) is 42.3 Å². The monoisotopic (exact) mass is 161 g/mol. The van der Waals surface area contributed by atoms with Crippen LogP contribution in [0.3, 0.4) is 0 Å². The largest absolute Gasteiger partial charge is 0.373 e. The first-order valence-electron chi connectivity index (χ1n) is 4.42. The van der Waals surface area contributed by atoms with Crippen LogP contribution in [0, 0.1) is 6.42 Å². The average molecular weight is 161 g/mol. The average Bonchev–Trinajstić information content (AvgIpc) is 2.90. The van der Waals surface area contributed by atoms with Gasteiger partial charge in [-0.3, -0.25) is 0 Å². The molecule has 0 aliphatic carbocycles. The first-order valence-corrected chi connectivity index (χ1v) is 4.42. The molecule has 1 fully saturated rings. The summed E-state index contributed by atoms with van der Waals surface area (Å²) in [6.07, 6.45) is 5.01. The number of ether oxygens (including phenoxy) is 1. The van der Waals surface area contributed by atoms with Crippen LogP contribution in [-0.4, -0.2) is 12.7 Å². The molecule has 0 spiro atoms. The van der Waals surface area contributed by atoms with Crippen molar-refractivity contribution in [2.45, 2.75) is 18.9 Å². The molecule has 1 aliphatic rings. The predicted molar refractivity (Wildman–Crippen MR) is 48.8 cm³/mol. The number of epoxide rings is 1. The lowest BCUT2D eigenvalue weighted by Crippen LogP contribution is -1.90. The third kappa shape index (κ3) is 2.35. The van der Waals surface area contributed by atoms with Gasteiger partial charge in [0.1, 0.15) is 0 Å². The van der Waals surface area contributed by atoms with Crippen molar-refractivity contribution in [1.29, 1.82) is 0 Å². The molecule has 63 valence electrons. The fourth-order valence-corrected chi connectivity index (χ4v) is 1.25. The number of benzene rings is 1. The molecule has 1 nitrogen and oxygen atoms in total. The van der Waals surface area contributed by atoms with Gasteiger partial charge in [0.2, 0.25) is 0 Å². The van der Waals surface area contributed by atoms with E-state index in [1.165, 1.54) is 5.56 Å². The fourth-order valence-electron chi connectivity index (χ4n) is 1.25. The summed E-state index contributed by atoms with van der Waals surface area (Å²) in [5, 5.41) is 0. The Morgan fingerprint density at radius 1 is 1.33 bits per heavy atom. The number of rotatable bonds is 4. The molecule has 0 amide bonds. The zero-order chi connectivity index (χ0) is 8.23. The minimum absolute atomic E-state index is 0.536. The summed E-state index contributed by atoms with van der Waals surface area (Å²) in [5.74, 6) is 0. The summed E-state index contributed by atoms with van der Waals surface area (Å²) in [5.41, 5.74) is 1.39. The third-order valence-corrected chi connectivity index (χ3v) is 2.05. The number of hydrogen-bond donors (Lipinski definition) is 0. The van der Waals surface area contributed by atoms with Gasteiger partial charge in [-0.2, -0.15) is 0 Å². The van der Waals surface area contributed by atoms with Gasteiger partial charge in [-0.15, -0.1) is 0 Å². The van der Waals surface area contributed by atoms with Crippen LogP contribution in [0.5, 0.6) is 0 Å². The summed E-state index contributed by atoms with van der Waals surface area (Å²) in [4.78, 5) is 0. The Hall–Kier alpha value is -0.820. The highest BCUT2D eigenvalue weighted by molar-refractivity contribution is 5.16. The van der Waals surface area contributed by atoms with Gasteiger partial charge in [0, 0.05) is 0 Å². The predicted octanol–water partition coefficient (Wildman–Crippen LogP) is 2.22. The van der Waals surface area contributed by atoms with E-state index in [0.29, 0.717) is 6.10 Å². The molecule has 1 aromatic rings. The molecule has 12 heavy (non-hydrogen) atoms.